The van der Waals surface area contributed by atoms with E-state index in [9.17, 15) is 9.59 Å². The first-order valence-corrected chi connectivity index (χ1v) is 14.5. The van der Waals surface area contributed by atoms with Crippen molar-refractivity contribution in [2.45, 2.75) is 83.9 Å². The predicted octanol–water partition coefficient (Wildman–Crippen LogP) is 5.99. The summed E-state index contributed by atoms with van der Waals surface area (Å²) < 4.78 is 6.68. The summed E-state index contributed by atoms with van der Waals surface area (Å²) in [6.07, 6.45) is 7.14. The van der Waals surface area contributed by atoms with Gasteiger partial charge in [-0.1, -0.05) is 30.7 Å². The van der Waals surface area contributed by atoms with Crippen molar-refractivity contribution in [2.24, 2.45) is 0 Å². The molecule has 6 heteroatoms. The van der Waals surface area contributed by atoms with Crippen LogP contribution in [0.2, 0.25) is 0 Å². The molecule has 1 aliphatic carbocycles. The molecule has 2 fully saturated rings. The minimum Gasteiger partial charge on any atom is -0.486 e. The van der Waals surface area contributed by atoms with Gasteiger partial charge in [-0.25, -0.2) is 0 Å². The summed E-state index contributed by atoms with van der Waals surface area (Å²) >= 11 is 0. The maximum atomic E-state index is 13.5. The quantitative estimate of drug-likeness (QED) is 0.414. The molecule has 2 atom stereocenters. The maximum Gasteiger partial charge on any atom is 0.253 e. The van der Waals surface area contributed by atoms with Crippen molar-refractivity contribution in [3.05, 3.63) is 86.3 Å². The Morgan fingerprint density at radius 3 is 2.59 bits per heavy atom. The highest BCUT2D eigenvalue weighted by atomic mass is 16.5. The van der Waals surface area contributed by atoms with Crippen molar-refractivity contribution in [2.75, 3.05) is 13.1 Å². The van der Waals surface area contributed by atoms with Crippen molar-refractivity contribution in [1.29, 1.82) is 0 Å². The Morgan fingerprint density at radius 2 is 1.85 bits per heavy atom. The number of H-pyrrole nitrogens is 1. The fourth-order valence-electron chi connectivity index (χ4n) is 6.88. The van der Waals surface area contributed by atoms with E-state index in [1.54, 1.807) is 0 Å². The van der Waals surface area contributed by atoms with Gasteiger partial charge in [0.25, 0.3) is 11.5 Å². The molecule has 0 spiro atoms. The van der Waals surface area contributed by atoms with Gasteiger partial charge >= 0.3 is 0 Å². The lowest BCUT2D eigenvalue weighted by Gasteiger charge is -2.26. The first kappa shape index (κ1) is 25.9. The number of aromatic nitrogens is 1. The first-order chi connectivity index (χ1) is 18.8. The van der Waals surface area contributed by atoms with E-state index >= 15 is 0 Å². The fraction of sp³-hybridized carbons (Fsp3) is 0.455. The van der Waals surface area contributed by atoms with Crippen LogP contribution in [0.5, 0.6) is 5.75 Å². The molecule has 1 saturated heterocycles. The molecule has 2 aromatic carbocycles. The Bertz CT molecular complexity index is 1450. The summed E-state index contributed by atoms with van der Waals surface area (Å²) in [6, 6.07) is 14.7. The number of hydrogen-bond acceptors (Lipinski definition) is 4. The standard InChI is InChI=1S/C33H39N3O3/c1-21-16-22(2)35-32(38)28(21)19-34-31(37)25-17-26(30-27(18-25)29-8-7-13-33(29,3)39-30)24-11-9-23(10-12-24)20-36-14-5-4-6-15-36/h9-12,16-18,29H,4-8,13-15,19-20H2,1-3H3,(H,34,37)(H,35,38)/t29-,33-/m0/s1. The Balaban J connectivity index is 1.30. The number of pyridine rings is 1. The highest BCUT2D eigenvalue weighted by molar-refractivity contribution is 5.97. The van der Waals surface area contributed by atoms with Crippen LogP contribution in [0.1, 0.15) is 89.7 Å². The summed E-state index contributed by atoms with van der Waals surface area (Å²) in [7, 11) is 0. The Hall–Kier alpha value is -3.38. The molecule has 0 bridgehead atoms. The second kappa shape index (κ2) is 10.3. The second-order valence-electron chi connectivity index (χ2n) is 12.0. The van der Waals surface area contributed by atoms with Crippen LogP contribution >= 0.6 is 0 Å². The molecule has 3 heterocycles. The number of benzene rings is 2. The number of hydrogen-bond donors (Lipinski definition) is 2. The lowest BCUT2D eigenvalue weighted by atomic mass is 9.86. The smallest absolute Gasteiger partial charge is 0.253 e. The molecule has 6 nitrogen and oxygen atoms in total. The number of piperidine rings is 1. The van der Waals surface area contributed by atoms with Gasteiger partial charge < -0.3 is 15.0 Å². The lowest BCUT2D eigenvalue weighted by molar-refractivity contribution is 0.0950. The number of fused-ring (bicyclic) bond motifs is 3. The van der Waals surface area contributed by atoms with E-state index in [-0.39, 0.29) is 23.6 Å². The van der Waals surface area contributed by atoms with Crippen LogP contribution in [0.25, 0.3) is 11.1 Å². The van der Waals surface area contributed by atoms with Crippen LogP contribution in [0.4, 0.5) is 0 Å². The Labute approximate surface area is 230 Å². The van der Waals surface area contributed by atoms with Crippen LogP contribution in [0, 0.1) is 13.8 Å². The summed E-state index contributed by atoms with van der Waals surface area (Å²) in [5, 5.41) is 3.00. The second-order valence-corrected chi connectivity index (χ2v) is 12.0. The van der Waals surface area contributed by atoms with E-state index in [0.29, 0.717) is 17.0 Å². The number of amides is 1. The van der Waals surface area contributed by atoms with Gasteiger partial charge in [0.1, 0.15) is 11.4 Å². The molecular formula is C33H39N3O3. The fourth-order valence-corrected chi connectivity index (χ4v) is 6.88. The Morgan fingerprint density at radius 1 is 1.08 bits per heavy atom. The summed E-state index contributed by atoms with van der Waals surface area (Å²) in [6.45, 7) is 9.50. The lowest BCUT2D eigenvalue weighted by Crippen LogP contribution is -2.29. The monoisotopic (exact) mass is 525 g/mol. The Kier molecular flexibility index (Phi) is 6.84. The third-order valence-corrected chi connectivity index (χ3v) is 9.03. The number of ether oxygens (including phenoxy) is 1. The van der Waals surface area contributed by atoms with Crippen LogP contribution < -0.4 is 15.6 Å². The van der Waals surface area contributed by atoms with Crippen molar-refractivity contribution in [1.82, 2.24) is 15.2 Å². The van der Waals surface area contributed by atoms with E-state index in [2.05, 4.69) is 46.4 Å². The van der Waals surface area contributed by atoms with Gasteiger partial charge in [-0.15, -0.1) is 0 Å². The molecule has 1 saturated carbocycles. The average molecular weight is 526 g/mol. The maximum absolute atomic E-state index is 13.5. The third kappa shape index (κ3) is 5.03. The van der Waals surface area contributed by atoms with Crippen LogP contribution in [0.3, 0.4) is 0 Å². The molecule has 6 rings (SSSR count). The third-order valence-electron chi connectivity index (χ3n) is 9.03. The molecule has 0 unspecified atom stereocenters. The van der Waals surface area contributed by atoms with Crippen molar-refractivity contribution in [3.8, 4) is 16.9 Å². The molecular weight excluding hydrogens is 486 g/mol. The topological polar surface area (TPSA) is 74.4 Å². The zero-order chi connectivity index (χ0) is 27.1. The molecule has 2 N–H and O–H groups in total. The molecule has 2 aliphatic heterocycles. The minimum atomic E-state index is -0.216. The van der Waals surface area contributed by atoms with Gasteiger partial charge in [-0.3, -0.25) is 14.5 Å². The van der Waals surface area contributed by atoms with E-state index in [4.69, 9.17) is 4.74 Å². The summed E-state index contributed by atoms with van der Waals surface area (Å²) in [5.74, 6) is 1.04. The normalized spacial score (nSPS) is 22.3. The number of aryl methyl sites for hydroxylation is 2. The zero-order valence-electron chi connectivity index (χ0n) is 23.4. The molecule has 39 heavy (non-hydrogen) atoms. The predicted molar refractivity (Wildman–Crippen MR) is 154 cm³/mol. The summed E-state index contributed by atoms with van der Waals surface area (Å²) in [5.41, 5.74) is 7.03. The largest absolute Gasteiger partial charge is 0.486 e. The average Bonchev–Trinajstić information content (AvgIpc) is 3.42. The van der Waals surface area contributed by atoms with E-state index < -0.39 is 0 Å². The van der Waals surface area contributed by atoms with E-state index in [1.165, 1.54) is 37.9 Å². The number of carbonyl (C=O) groups excluding carboxylic acids is 1. The highest BCUT2D eigenvalue weighted by Crippen LogP contribution is 2.56. The van der Waals surface area contributed by atoms with Crippen LogP contribution in [-0.2, 0) is 13.1 Å². The zero-order valence-corrected chi connectivity index (χ0v) is 23.4. The number of likely N-dealkylation sites (tertiary alicyclic amines) is 1. The van der Waals surface area contributed by atoms with Gasteiger partial charge in [0.15, 0.2) is 0 Å². The molecule has 3 aromatic rings. The molecule has 3 aliphatic rings. The number of aromatic amines is 1. The van der Waals surface area contributed by atoms with E-state index in [1.807, 2.05) is 32.0 Å². The van der Waals surface area contributed by atoms with Gasteiger partial charge in [0.2, 0.25) is 0 Å². The van der Waals surface area contributed by atoms with Crippen LogP contribution in [0.15, 0.2) is 47.3 Å². The van der Waals surface area contributed by atoms with E-state index in [0.717, 1.165) is 59.5 Å². The number of carbonyl (C=O) groups is 1. The SMILES string of the molecule is Cc1cc(C)c(CNC(=O)c2cc(-c3ccc(CN4CCCCC4)cc3)c3c(c2)[C@@H]2CCC[C@]2(C)O3)c(=O)[nH]1. The van der Waals surface area contributed by atoms with Crippen molar-refractivity contribution < 1.29 is 9.53 Å². The van der Waals surface area contributed by atoms with Gasteiger partial charge in [-0.2, -0.15) is 0 Å². The molecule has 204 valence electrons. The van der Waals surface area contributed by atoms with Gasteiger partial charge in [-0.05, 0) is 101 Å². The number of nitrogens with zero attached hydrogens (tertiary/aromatic N) is 1. The van der Waals surface area contributed by atoms with Gasteiger partial charge in [0.05, 0.1) is 0 Å². The van der Waals surface area contributed by atoms with Crippen molar-refractivity contribution >= 4 is 5.91 Å². The van der Waals surface area contributed by atoms with Gasteiger partial charge in [0, 0.05) is 47.0 Å². The number of rotatable bonds is 6. The first-order valence-electron chi connectivity index (χ1n) is 14.5. The molecule has 0 radical (unpaired) electrons. The number of nitrogens with one attached hydrogen (secondary N) is 2. The highest BCUT2D eigenvalue weighted by Gasteiger charge is 2.49. The van der Waals surface area contributed by atoms with Crippen LogP contribution in [-0.4, -0.2) is 34.5 Å². The summed E-state index contributed by atoms with van der Waals surface area (Å²) in [4.78, 5) is 31.3. The van der Waals surface area contributed by atoms with Crippen molar-refractivity contribution in [3.63, 3.8) is 0 Å². The molecule has 1 amide bonds. The molecule has 1 aromatic heterocycles. The minimum absolute atomic E-state index is 0.151.